The SMILES string of the molecule is COc1cccc(COc2cc(C)ccc2[C@@H](C)N)n1. The van der Waals surface area contributed by atoms with Crippen LogP contribution < -0.4 is 15.2 Å². The van der Waals surface area contributed by atoms with Gasteiger partial charge in [0.1, 0.15) is 12.4 Å². The molecule has 2 rings (SSSR count). The molecule has 0 saturated carbocycles. The molecular weight excluding hydrogens is 252 g/mol. The van der Waals surface area contributed by atoms with Gasteiger partial charge in [0.15, 0.2) is 0 Å². The first-order valence-electron chi connectivity index (χ1n) is 6.59. The van der Waals surface area contributed by atoms with Crippen LogP contribution in [0, 0.1) is 6.92 Å². The van der Waals surface area contributed by atoms with Gasteiger partial charge in [-0.25, -0.2) is 4.98 Å². The highest BCUT2D eigenvalue weighted by molar-refractivity contribution is 5.39. The first-order valence-corrected chi connectivity index (χ1v) is 6.59. The molecule has 0 unspecified atom stereocenters. The molecule has 0 fully saturated rings. The van der Waals surface area contributed by atoms with E-state index in [2.05, 4.69) is 4.98 Å². The number of nitrogens with two attached hydrogens (primary N) is 1. The molecule has 1 heterocycles. The number of hydrogen-bond donors (Lipinski definition) is 1. The van der Waals surface area contributed by atoms with E-state index < -0.39 is 0 Å². The van der Waals surface area contributed by atoms with E-state index in [0.29, 0.717) is 12.5 Å². The summed E-state index contributed by atoms with van der Waals surface area (Å²) >= 11 is 0. The number of nitrogens with zero attached hydrogens (tertiary/aromatic N) is 1. The van der Waals surface area contributed by atoms with Crippen LogP contribution in [0.25, 0.3) is 0 Å². The molecule has 2 aromatic rings. The van der Waals surface area contributed by atoms with Crippen LogP contribution in [0.15, 0.2) is 36.4 Å². The van der Waals surface area contributed by atoms with E-state index in [-0.39, 0.29) is 6.04 Å². The average Bonchev–Trinajstić information content (AvgIpc) is 2.45. The van der Waals surface area contributed by atoms with Gasteiger partial charge in [-0.05, 0) is 31.5 Å². The summed E-state index contributed by atoms with van der Waals surface area (Å²) in [7, 11) is 1.60. The van der Waals surface area contributed by atoms with Crippen LogP contribution in [0.2, 0.25) is 0 Å². The molecule has 1 aromatic carbocycles. The van der Waals surface area contributed by atoms with Crippen molar-refractivity contribution in [3.8, 4) is 11.6 Å². The van der Waals surface area contributed by atoms with E-state index in [1.54, 1.807) is 7.11 Å². The van der Waals surface area contributed by atoms with E-state index in [9.17, 15) is 0 Å². The van der Waals surface area contributed by atoms with Gasteiger partial charge in [0, 0.05) is 17.7 Å². The van der Waals surface area contributed by atoms with Crippen molar-refractivity contribution < 1.29 is 9.47 Å². The minimum Gasteiger partial charge on any atom is -0.487 e. The smallest absolute Gasteiger partial charge is 0.213 e. The second-order valence-electron chi connectivity index (χ2n) is 4.79. The van der Waals surface area contributed by atoms with Crippen LogP contribution >= 0.6 is 0 Å². The Hall–Kier alpha value is -2.07. The Labute approximate surface area is 119 Å². The molecule has 20 heavy (non-hydrogen) atoms. The fourth-order valence-corrected chi connectivity index (χ4v) is 1.95. The lowest BCUT2D eigenvalue weighted by Crippen LogP contribution is -2.08. The van der Waals surface area contributed by atoms with Crippen molar-refractivity contribution in [2.45, 2.75) is 26.5 Å². The summed E-state index contributed by atoms with van der Waals surface area (Å²) in [6.07, 6.45) is 0. The average molecular weight is 272 g/mol. The van der Waals surface area contributed by atoms with Gasteiger partial charge in [0.25, 0.3) is 0 Å². The fourth-order valence-electron chi connectivity index (χ4n) is 1.95. The van der Waals surface area contributed by atoms with Crippen LogP contribution in [0.1, 0.15) is 29.8 Å². The number of ether oxygens (including phenoxy) is 2. The number of hydrogen-bond acceptors (Lipinski definition) is 4. The van der Waals surface area contributed by atoms with Gasteiger partial charge >= 0.3 is 0 Å². The standard InChI is InChI=1S/C16H20N2O2/c1-11-7-8-14(12(2)17)15(9-11)20-10-13-5-4-6-16(18-13)19-3/h4-9,12H,10,17H2,1-3H3/t12-/m1/s1. The maximum atomic E-state index is 5.96. The fraction of sp³-hybridized carbons (Fsp3) is 0.312. The van der Waals surface area contributed by atoms with Crippen molar-refractivity contribution >= 4 is 0 Å². The van der Waals surface area contributed by atoms with E-state index in [1.165, 1.54) is 0 Å². The second-order valence-corrected chi connectivity index (χ2v) is 4.79. The largest absolute Gasteiger partial charge is 0.487 e. The molecule has 0 aliphatic rings. The molecule has 4 heteroatoms. The van der Waals surface area contributed by atoms with Crippen molar-refractivity contribution in [1.29, 1.82) is 0 Å². The van der Waals surface area contributed by atoms with Crippen LogP contribution in [0.5, 0.6) is 11.6 Å². The highest BCUT2D eigenvalue weighted by Gasteiger charge is 2.09. The van der Waals surface area contributed by atoms with Gasteiger partial charge in [-0.3, -0.25) is 0 Å². The summed E-state index contributed by atoms with van der Waals surface area (Å²) in [5, 5.41) is 0. The summed E-state index contributed by atoms with van der Waals surface area (Å²) in [5.74, 6) is 1.40. The Morgan fingerprint density at radius 3 is 2.75 bits per heavy atom. The molecule has 0 radical (unpaired) electrons. The Morgan fingerprint density at radius 2 is 2.05 bits per heavy atom. The van der Waals surface area contributed by atoms with Gasteiger partial charge in [0.2, 0.25) is 5.88 Å². The third-order valence-corrected chi connectivity index (χ3v) is 3.03. The van der Waals surface area contributed by atoms with Gasteiger partial charge in [-0.1, -0.05) is 18.2 Å². The van der Waals surface area contributed by atoms with Gasteiger partial charge in [-0.2, -0.15) is 0 Å². The predicted octanol–water partition coefficient (Wildman–Crippen LogP) is 3.00. The number of aryl methyl sites for hydroxylation is 1. The van der Waals surface area contributed by atoms with Crippen LogP contribution in [-0.2, 0) is 6.61 Å². The summed E-state index contributed by atoms with van der Waals surface area (Å²) in [6.45, 7) is 4.36. The third-order valence-electron chi connectivity index (χ3n) is 3.03. The van der Waals surface area contributed by atoms with Crippen molar-refractivity contribution in [1.82, 2.24) is 4.98 Å². The zero-order valence-electron chi connectivity index (χ0n) is 12.1. The number of benzene rings is 1. The molecule has 1 aromatic heterocycles. The molecule has 106 valence electrons. The van der Waals surface area contributed by atoms with E-state index in [0.717, 1.165) is 22.6 Å². The maximum absolute atomic E-state index is 5.96. The molecule has 0 spiro atoms. The van der Waals surface area contributed by atoms with Crippen molar-refractivity contribution in [2.75, 3.05) is 7.11 Å². The quantitative estimate of drug-likeness (QED) is 0.909. The molecular formula is C16H20N2O2. The highest BCUT2D eigenvalue weighted by atomic mass is 16.5. The molecule has 4 nitrogen and oxygen atoms in total. The second kappa shape index (κ2) is 6.39. The monoisotopic (exact) mass is 272 g/mol. The van der Waals surface area contributed by atoms with Crippen molar-refractivity contribution in [2.24, 2.45) is 5.73 Å². The van der Waals surface area contributed by atoms with Crippen molar-refractivity contribution in [3.63, 3.8) is 0 Å². The number of pyridine rings is 1. The molecule has 2 N–H and O–H groups in total. The predicted molar refractivity (Wildman–Crippen MR) is 78.9 cm³/mol. The van der Waals surface area contributed by atoms with Crippen LogP contribution in [-0.4, -0.2) is 12.1 Å². The third kappa shape index (κ3) is 3.48. The lowest BCUT2D eigenvalue weighted by Gasteiger charge is -2.14. The molecule has 0 aliphatic heterocycles. The van der Waals surface area contributed by atoms with Gasteiger partial charge in [0.05, 0.1) is 12.8 Å². The zero-order chi connectivity index (χ0) is 14.5. The molecule has 1 atom stereocenters. The van der Waals surface area contributed by atoms with E-state index in [4.69, 9.17) is 15.2 Å². The Balaban J connectivity index is 2.15. The summed E-state index contributed by atoms with van der Waals surface area (Å²) in [6, 6.07) is 11.6. The lowest BCUT2D eigenvalue weighted by atomic mass is 10.1. The summed E-state index contributed by atoms with van der Waals surface area (Å²) in [5.41, 5.74) is 8.92. The van der Waals surface area contributed by atoms with E-state index in [1.807, 2.05) is 50.2 Å². The summed E-state index contributed by atoms with van der Waals surface area (Å²) < 4.78 is 11.0. The molecule has 0 aliphatic carbocycles. The minimum atomic E-state index is -0.0659. The zero-order valence-corrected chi connectivity index (χ0v) is 12.1. The van der Waals surface area contributed by atoms with Gasteiger partial charge < -0.3 is 15.2 Å². The number of methoxy groups -OCH3 is 1. The molecule has 0 amide bonds. The normalized spacial score (nSPS) is 12.0. The Morgan fingerprint density at radius 1 is 1.25 bits per heavy atom. The van der Waals surface area contributed by atoms with Crippen LogP contribution in [0.3, 0.4) is 0 Å². The minimum absolute atomic E-state index is 0.0659. The van der Waals surface area contributed by atoms with E-state index >= 15 is 0 Å². The van der Waals surface area contributed by atoms with Crippen molar-refractivity contribution in [3.05, 3.63) is 53.2 Å². The lowest BCUT2D eigenvalue weighted by molar-refractivity contribution is 0.293. The number of aromatic nitrogens is 1. The Kier molecular flexibility index (Phi) is 4.58. The maximum Gasteiger partial charge on any atom is 0.213 e. The first kappa shape index (κ1) is 14.3. The molecule has 0 saturated heterocycles. The highest BCUT2D eigenvalue weighted by Crippen LogP contribution is 2.26. The molecule has 0 bridgehead atoms. The van der Waals surface area contributed by atoms with Crippen LogP contribution in [0.4, 0.5) is 0 Å². The van der Waals surface area contributed by atoms with Gasteiger partial charge in [-0.15, -0.1) is 0 Å². The number of rotatable bonds is 5. The topological polar surface area (TPSA) is 57.4 Å². The summed E-state index contributed by atoms with van der Waals surface area (Å²) in [4.78, 5) is 4.32. The first-order chi connectivity index (χ1) is 9.60. The Bertz CT molecular complexity index is 582.